The summed E-state index contributed by atoms with van der Waals surface area (Å²) < 4.78 is 0. The maximum atomic E-state index is 2.37. The van der Waals surface area contributed by atoms with Crippen molar-refractivity contribution in [2.24, 2.45) is 0 Å². The predicted molar refractivity (Wildman–Crippen MR) is 201 cm³/mol. The van der Waals surface area contributed by atoms with Crippen molar-refractivity contribution in [1.29, 1.82) is 0 Å². The fraction of sp³-hybridized carbons (Fsp3) is 0.0667. The highest BCUT2D eigenvalue weighted by atomic mass is 15.1. The number of rotatable bonds is 3. The van der Waals surface area contributed by atoms with Crippen LogP contribution in [-0.4, -0.2) is 0 Å². The van der Waals surface area contributed by atoms with E-state index in [0.717, 1.165) is 11.4 Å². The van der Waals surface area contributed by atoms with Crippen LogP contribution in [0.4, 0.5) is 17.1 Å². The van der Waals surface area contributed by atoms with Gasteiger partial charge in [0, 0.05) is 16.8 Å². The summed E-state index contributed by atoms with van der Waals surface area (Å²) in [6.07, 6.45) is 0. The third kappa shape index (κ3) is 6.85. The van der Waals surface area contributed by atoms with Gasteiger partial charge >= 0.3 is 0 Å². The SMILES string of the molecule is Cc1cc2c3ccccc3c(N(c3ccccc3)c3ccccc3)cc2c2ccccc12.Cc1ccccc1.Cc1ccccc1. The van der Waals surface area contributed by atoms with Gasteiger partial charge in [-0.15, -0.1) is 0 Å². The van der Waals surface area contributed by atoms with Crippen LogP contribution in [0.5, 0.6) is 0 Å². The van der Waals surface area contributed by atoms with Gasteiger partial charge in [0.1, 0.15) is 0 Å². The molecule has 1 heteroatoms. The molecular weight excluding hydrogens is 555 g/mol. The van der Waals surface area contributed by atoms with E-state index in [9.17, 15) is 0 Å². The highest BCUT2D eigenvalue weighted by Gasteiger charge is 2.18. The topological polar surface area (TPSA) is 3.24 Å². The van der Waals surface area contributed by atoms with Gasteiger partial charge in [-0.3, -0.25) is 0 Å². The molecule has 0 saturated carbocycles. The van der Waals surface area contributed by atoms with Crippen molar-refractivity contribution in [3.05, 3.63) is 199 Å². The van der Waals surface area contributed by atoms with E-state index in [1.807, 2.05) is 36.4 Å². The largest absolute Gasteiger partial charge is 0.310 e. The van der Waals surface area contributed by atoms with Gasteiger partial charge in [0.2, 0.25) is 0 Å². The smallest absolute Gasteiger partial charge is 0.0546 e. The van der Waals surface area contributed by atoms with E-state index < -0.39 is 0 Å². The lowest BCUT2D eigenvalue weighted by molar-refractivity contribution is 1.30. The quantitative estimate of drug-likeness (QED) is 0.184. The number of benzene rings is 8. The molecular formula is C45H39N. The van der Waals surface area contributed by atoms with Crippen molar-refractivity contribution < 1.29 is 0 Å². The number of fused-ring (bicyclic) bond motifs is 5. The summed E-state index contributed by atoms with van der Waals surface area (Å²) in [5, 5.41) is 7.74. The minimum atomic E-state index is 1.15. The molecule has 0 heterocycles. The molecule has 0 saturated heterocycles. The number of aryl methyl sites for hydroxylation is 3. The fourth-order valence-electron chi connectivity index (χ4n) is 5.95. The van der Waals surface area contributed by atoms with Crippen LogP contribution in [-0.2, 0) is 0 Å². The summed E-state index contributed by atoms with van der Waals surface area (Å²) in [6, 6.07) is 64.0. The van der Waals surface area contributed by atoms with Crippen molar-refractivity contribution in [2.75, 3.05) is 4.90 Å². The highest BCUT2D eigenvalue weighted by Crippen LogP contribution is 2.43. The molecule has 1 nitrogen and oxygen atoms in total. The molecule has 8 rings (SSSR count). The first-order valence-electron chi connectivity index (χ1n) is 15.9. The van der Waals surface area contributed by atoms with Gasteiger partial charge in [-0.1, -0.05) is 163 Å². The molecule has 46 heavy (non-hydrogen) atoms. The molecule has 0 aliphatic carbocycles. The first-order valence-corrected chi connectivity index (χ1v) is 15.9. The van der Waals surface area contributed by atoms with E-state index >= 15 is 0 Å². The third-order valence-corrected chi connectivity index (χ3v) is 8.22. The van der Waals surface area contributed by atoms with Crippen LogP contribution in [0.15, 0.2) is 182 Å². The first-order chi connectivity index (χ1) is 22.6. The molecule has 0 aliphatic rings. The van der Waals surface area contributed by atoms with Crippen molar-refractivity contribution in [3.63, 3.8) is 0 Å². The normalized spacial score (nSPS) is 10.5. The molecule has 0 atom stereocenters. The Morgan fingerprint density at radius 3 is 1.09 bits per heavy atom. The number of para-hydroxylation sites is 2. The summed E-state index contributed by atoms with van der Waals surface area (Å²) in [5.74, 6) is 0. The van der Waals surface area contributed by atoms with Gasteiger partial charge < -0.3 is 4.90 Å². The predicted octanol–water partition coefficient (Wildman–Crippen LogP) is 12.9. The Morgan fingerprint density at radius 1 is 0.304 bits per heavy atom. The molecule has 224 valence electrons. The van der Waals surface area contributed by atoms with Gasteiger partial charge in [-0.05, 0) is 83.6 Å². The minimum absolute atomic E-state index is 1.15. The van der Waals surface area contributed by atoms with Crippen LogP contribution in [0.3, 0.4) is 0 Å². The molecule has 8 aromatic rings. The average molecular weight is 594 g/mol. The lowest BCUT2D eigenvalue weighted by Crippen LogP contribution is -2.10. The maximum absolute atomic E-state index is 2.37. The molecule has 0 amide bonds. The van der Waals surface area contributed by atoms with E-state index in [-0.39, 0.29) is 0 Å². The lowest BCUT2D eigenvalue weighted by Gasteiger charge is -2.27. The molecule has 0 N–H and O–H groups in total. The van der Waals surface area contributed by atoms with Crippen LogP contribution >= 0.6 is 0 Å². The van der Waals surface area contributed by atoms with E-state index in [1.54, 1.807) is 0 Å². The monoisotopic (exact) mass is 593 g/mol. The van der Waals surface area contributed by atoms with Crippen molar-refractivity contribution in [3.8, 4) is 0 Å². The molecule has 8 aromatic carbocycles. The zero-order valence-corrected chi connectivity index (χ0v) is 26.8. The number of anilines is 3. The third-order valence-electron chi connectivity index (χ3n) is 8.22. The molecule has 0 radical (unpaired) electrons. The Hall–Kier alpha value is -5.66. The van der Waals surface area contributed by atoms with Crippen molar-refractivity contribution in [1.82, 2.24) is 0 Å². The summed E-state index contributed by atoms with van der Waals surface area (Å²) in [5.41, 5.74) is 7.46. The van der Waals surface area contributed by atoms with E-state index in [2.05, 4.69) is 171 Å². The standard InChI is InChI=1S/C31H23N.2C7H8/c1-22-20-29-27-18-10-11-19-28(27)31(21-30(29)26-17-9-8-16-25(22)26)32(23-12-4-2-5-13-23)24-14-6-3-7-15-24;2*1-7-5-3-2-4-6-7/h2-21H,1H3;2*2-6H,1H3. The Bertz CT molecular complexity index is 2080. The number of hydrogen-bond donors (Lipinski definition) is 0. The second-order valence-corrected chi connectivity index (χ2v) is 11.6. The van der Waals surface area contributed by atoms with E-state index in [4.69, 9.17) is 0 Å². The Kier molecular flexibility index (Phi) is 9.52. The second-order valence-electron chi connectivity index (χ2n) is 11.6. The fourth-order valence-corrected chi connectivity index (χ4v) is 5.95. The Balaban J connectivity index is 0.000000219. The van der Waals surface area contributed by atoms with Crippen molar-refractivity contribution in [2.45, 2.75) is 20.8 Å². The average Bonchev–Trinajstić information content (AvgIpc) is 3.11. The van der Waals surface area contributed by atoms with Gasteiger partial charge in [0.05, 0.1) is 5.69 Å². The highest BCUT2D eigenvalue weighted by molar-refractivity contribution is 6.22. The van der Waals surface area contributed by atoms with Crippen LogP contribution in [0.1, 0.15) is 16.7 Å². The molecule has 0 fully saturated rings. The zero-order chi connectivity index (χ0) is 31.7. The van der Waals surface area contributed by atoms with Crippen molar-refractivity contribution >= 4 is 49.4 Å². The molecule has 0 spiro atoms. The summed E-state index contributed by atoms with van der Waals surface area (Å²) in [4.78, 5) is 2.37. The number of hydrogen-bond acceptors (Lipinski definition) is 1. The lowest BCUT2D eigenvalue weighted by atomic mass is 9.93. The van der Waals surface area contributed by atoms with E-state index in [1.165, 1.54) is 54.7 Å². The Labute approximate surface area is 273 Å². The maximum Gasteiger partial charge on any atom is 0.0546 e. The van der Waals surface area contributed by atoms with E-state index in [0.29, 0.717) is 0 Å². The van der Waals surface area contributed by atoms with Crippen LogP contribution in [0.2, 0.25) is 0 Å². The number of nitrogens with zero attached hydrogens (tertiary/aromatic N) is 1. The second kappa shape index (κ2) is 14.4. The van der Waals surface area contributed by atoms with Crippen LogP contribution in [0.25, 0.3) is 32.3 Å². The minimum Gasteiger partial charge on any atom is -0.310 e. The summed E-state index contributed by atoms with van der Waals surface area (Å²) >= 11 is 0. The molecule has 0 aromatic heterocycles. The zero-order valence-electron chi connectivity index (χ0n) is 26.8. The van der Waals surface area contributed by atoms with Crippen LogP contribution < -0.4 is 4.90 Å². The summed E-state index contributed by atoms with van der Waals surface area (Å²) in [7, 11) is 0. The first kappa shape index (κ1) is 30.4. The molecule has 0 aliphatic heterocycles. The summed E-state index contributed by atoms with van der Waals surface area (Å²) in [6.45, 7) is 6.38. The van der Waals surface area contributed by atoms with Gasteiger partial charge in [0.15, 0.2) is 0 Å². The molecule has 0 unspecified atom stereocenters. The Morgan fingerprint density at radius 2 is 0.652 bits per heavy atom. The molecule has 0 bridgehead atoms. The van der Waals surface area contributed by atoms with Gasteiger partial charge in [-0.25, -0.2) is 0 Å². The van der Waals surface area contributed by atoms with Gasteiger partial charge in [0.25, 0.3) is 0 Å². The van der Waals surface area contributed by atoms with Crippen LogP contribution in [0, 0.1) is 20.8 Å². The van der Waals surface area contributed by atoms with Gasteiger partial charge in [-0.2, -0.15) is 0 Å².